The molecule has 0 aliphatic carbocycles. The minimum Gasteiger partial charge on any atom is -0.451 e. The van der Waals surface area contributed by atoms with Gasteiger partial charge in [-0.2, -0.15) is 0 Å². The van der Waals surface area contributed by atoms with Crippen molar-refractivity contribution in [3.05, 3.63) is 61.5 Å². The third kappa shape index (κ3) is 3.22. The Labute approximate surface area is 149 Å². The highest BCUT2D eigenvalue weighted by atomic mass is 32.1. The van der Waals surface area contributed by atoms with Crippen LogP contribution in [-0.4, -0.2) is 15.9 Å². The lowest BCUT2D eigenvalue weighted by atomic mass is 10.1. The highest BCUT2D eigenvalue weighted by molar-refractivity contribution is 7.18. The first-order valence-corrected chi connectivity index (χ1v) is 8.87. The van der Waals surface area contributed by atoms with E-state index in [1.165, 1.54) is 11.3 Å². The molecule has 0 aliphatic rings. The van der Waals surface area contributed by atoms with Gasteiger partial charge in [-0.1, -0.05) is 17.7 Å². The Morgan fingerprint density at radius 3 is 2.68 bits per heavy atom. The molecule has 130 valence electrons. The number of benzene rings is 1. The standard InChI is InChI=1S/C19H20N2O3S/c1-9-6-7-10(2)14(8-9)19(23)24-12(4)16-20-17(22)15-11(3)13(5)25-18(15)21-16/h6-8,12H,1-5H3,(H,20,21,22)/t12-/m1/s1. The van der Waals surface area contributed by atoms with E-state index in [1.807, 2.05) is 39.8 Å². The molecule has 5 nitrogen and oxygen atoms in total. The van der Waals surface area contributed by atoms with Gasteiger partial charge in [0.2, 0.25) is 0 Å². The van der Waals surface area contributed by atoms with Crippen LogP contribution in [0.25, 0.3) is 10.2 Å². The van der Waals surface area contributed by atoms with Crippen LogP contribution in [0.15, 0.2) is 23.0 Å². The summed E-state index contributed by atoms with van der Waals surface area (Å²) in [6, 6.07) is 5.64. The summed E-state index contributed by atoms with van der Waals surface area (Å²) in [5.41, 5.74) is 3.11. The maximum Gasteiger partial charge on any atom is 0.339 e. The second-order valence-electron chi connectivity index (χ2n) is 6.28. The normalized spacial score (nSPS) is 12.4. The molecular formula is C19H20N2O3S. The molecule has 0 spiro atoms. The van der Waals surface area contributed by atoms with Crippen molar-refractivity contribution in [2.45, 2.75) is 40.7 Å². The number of fused-ring (bicyclic) bond motifs is 1. The number of hydrogen-bond donors (Lipinski definition) is 1. The lowest BCUT2D eigenvalue weighted by molar-refractivity contribution is 0.0319. The predicted molar refractivity (Wildman–Crippen MR) is 99.5 cm³/mol. The van der Waals surface area contributed by atoms with Gasteiger partial charge in [0, 0.05) is 4.88 Å². The van der Waals surface area contributed by atoms with Crippen molar-refractivity contribution in [2.75, 3.05) is 0 Å². The number of aromatic amines is 1. The number of aromatic nitrogens is 2. The van der Waals surface area contributed by atoms with Gasteiger partial charge in [-0.05, 0) is 51.8 Å². The zero-order chi connectivity index (χ0) is 18.3. The number of aryl methyl sites for hydroxylation is 4. The lowest BCUT2D eigenvalue weighted by Crippen LogP contribution is -2.17. The van der Waals surface area contributed by atoms with Crippen molar-refractivity contribution in [3.8, 4) is 0 Å². The van der Waals surface area contributed by atoms with Gasteiger partial charge in [0.05, 0.1) is 10.9 Å². The van der Waals surface area contributed by atoms with Crippen LogP contribution in [0.4, 0.5) is 0 Å². The SMILES string of the molecule is Cc1ccc(C)c(C(=O)O[C@H](C)c2nc3sc(C)c(C)c3c(=O)[nH]2)c1. The van der Waals surface area contributed by atoms with Crippen molar-refractivity contribution in [2.24, 2.45) is 0 Å². The van der Waals surface area contributed by atoms with Crippen LogP contribution in [0.5, 0.6) is 0 Å². The number of ether oxygens (including phenoxy) is 1. The Bertz CT molecular complexity index is 1030. The fourth-order valence-corrected chi connectivity index (χ4v) is 3.74. The molecule has 0 aliphatic heterocycles. The van der Waals surface area contributed by atoms with E-state index >= 15 is 0 Å². The van der Waals surface area contributed by atoms with Crippen LogP contribution in [0.3, 0.4) is 0 Å². The molecule has 0 radical (unpaired) electrons. The van der Waals surface area contributed by atoms with E-state index in [4.69, 9.17) is 4.74 Å². The molecule has 2 heterocycles. The van der Waals surface area contributed by atoms with Crippen LogP contribution >= 0.6 is 11.3 Å². The molecule has 0 fully saturated rings. The molecule has 0 saturated carbocycles. The number of thiophene rings is 1. The summed E-state index contributed by atoms with van der Waals surface area (Å²) in [5.74, 6) is -0.0626. The van der Waals surface area contributed by atoms with Gasteiger partial charge in [0.1, 0.15) is 4.83 Å². The van der Waals surface area contributed by atoms with E-state index in [0.717, 1.165) is 21.6 Å². The monoisotopic (exact) mass is 356 g/mol. The van der Waals surface area contributed by atoms with Crippen LogP contribution in [0, 0.1) is 27.7 Å². The zero-order valence-electron chi connectivity index (χ0n) is 14.9. The molecule has 6 heteroatoms. The average Bonchev–Trinajstić information content (AvgIpc) is 2.84. The molecule has 2 aromatic heterocycles. The maximum atomic E-state index is 12.5. The number of esters is 1. The average molecular weight is 356 g/mol. The molecule has 3 aromatic rings. The Kier molecular flexibility index (Phi) is 4.47. The van der Waals surface area contributed by atoms with Gasteiger partial charge < -0.3 is 9.72 Å². The minimum atomic E-state index is -0.646. The molecular weight excluding hydrogens is 336 g/mol. The Balaban J connectivity index is 1.92. The van der Waals surface area contributed by atoms with Gasteiger partial charge >= 0.3 is 5.97 Å². The fraction of sp³-hybridized carbons (Fsp3) is 0.316. The van der Waals surface area contributed by atoms with Crippen LogP contribution < -0.4 is 5.56 Å². The quantitative estimate of drug-likeness (QED) is 0.716. The molecule has 25 heavy (non-hydrogen) atoms. The summed E-state index contributed by atoms with van der Waals surface area (Å²) < 4.78 is 5.53. The second kappa shape index (κ2) is 6.44. The molecule has 3 rings (SSSR count). The summed E-state index contributed by atoms with van der Waals surface area (Å²) in [4.78, 5) is 33.8. The molecule has 0 bridgehead atoms. The number of nitrogens with one attached hydrogen (secondary N) is 1. The first-order valence-electron chi connectivity index (χ1n) is 8.06. The first kappa shape index (κ1) is 17.4. The van der Waals surface area contributed by atoms with Crippen LogP contribution in [-0.2, 0) is 4.74 Å². The van der Waals surface area contributed by atoms with E-state index in [0.29, 0.717) is 21.6 Å². The Hall–Kier alpha value is -2.47. The number of nitrogens with zero attached hydrogens (tertiary/aromatic N) is 1. The highest BCUT2D eigenvalue weighted by Crippen LogP contribution is 2.27. The number of H-pyrrole nitrogens is 1. The van der Waals surface area contributed by atoms with Gasteiger partial charge in [-0.15, -0.1) is 11.3 Å². The molecule has 0 amide bonds. The minimum absolute atomic E-state index is 0.198. The van der Waals surface area contributed by atoms with Crippen LogP contribution in [0.2, 0.25) is 0 Å². The second-order valence-corrected chi connectivity index (χ2v) is 7.48. The smallest absolute Gasteiger partial charge is 0.339 e. The van der Waals surface area contributed by atoms with E-state index in [1.54, 1.807) is 13.0 Å². The first-order chi connectivity index (χ1) is 11.8. The van der Waals surface area contributed by atoms with Gasteiger partial charge in [-0.3, -0.25) is 4.79 Å². The van der Waals surface area contributed by atoms with Crippen molar-refractivity contribution < 1.29 is 9.53 Å². The Morgan fingerprint density at radius 1 is 1.24 bits per heavy atom. The number of hydrogen-bond acceptors (Lipinski definition) is 5. The van der Waals surface area contributed by atoms with E-state index < -0.39 is 12.1 Å². The summed E-state index contributed by atoms with van der Waals surface area (Å²) >= 11 is 1.47. The predicted octanol–water partition coefficient (Wildman–Crippen LogP) is 4.14. The molecule has 0 saturated heterocycles. The largest absolute Gasteiger partial charge is 0.451 e. The third-order valence-corrected chi connectivity index (χ3v) is 5.44. The van der Waals surface area contributed by atoms with Crippen LogP contribution in [0.1, 0.15) is 50.8 Å². The molecule has 0 unspecified atom stereocenters. The zero-order valence-corrected chi connectivity index (χ0v) is 15.7. The fourth-order valence-electron chi connectivity index (χ4n) is 2.70. The maximum absolute atomic E-state index is 12.5. The van der Waals surface area contributed by atoms with Gasteiger partial charge in [0.25, 0.3) is 5.56 Å². The summed E-state index contributed by atoms with van der Waals surface area (Å²) in [5, 5.41) is 0.610. The topological polar surface area (TPSA) is 72.0 Å². The summed E-state index contributed by atoms with van der Waals surface area (Å²) in [6.07, 6.45) is -0.646. The van der Waals surface area contributed by atoms with E-state index in [2.05, 4.69) is 9.97 Å². The number of carbonyl (C=O) groups excluding carboxylic acids is 1. The third-order valence-electron chi connectivity index (χ3n) is 4.34. The molecule has 1 aromatic carbocycles. The van der Waals surface area contributed by atoms with Gasteiger partial charge in [0.15, 0.2) is 11.9 Å². The Morgan fingerprint density at radius 2 is 1.96 bits per heavy atom. The molecule has 1 atom stereocenters. The number of carbonyl (C=O) groups is 1. The molecule has 1 N–H and O–H groups in total. The van der Waals surface area contributed by atoms with E-state index in [-0.39, 0.29) is 5.56 Å². The van der Waals surface area contributed by atoms with Crippen molar-refractivity contribution in [1.29, 1.82) is 0 Å². The van der Waals surface area contributed by atoms with Crippen molar-refractivity contribution in [1.82, 2.24) is 9.97 Å². The van der Waals surface area contributed by atoms with Gasteiger partial charge in [-0.25, -0.2) is 9.78 Å². The lowest BCUT2D eigenvalue weighted by Gasteiger charge is -2.14. The van der Waals surface area contributed by atoms with Crippen molar-refractivity contribution in [3.63, 3.8) is 0 Å². The summed E-state index contributed by atoms with van der Waals surface area (Å²) in [6.45, 7) is 9.37. The summed E-state index contributed by atoms with van der Waals surface area (Å²) in [7, 11) is 0. The number of rotatable bonds is 3. The van der Waals surface area contributed by atoms with E-state index in [9.17, 15) is 9.59 Å². The van der Waals surface area contributed by atoms with Crippen molar-refractivity contribution >= 4 is 27.5 Å². The highest BCUT2D eigenvalue weighted by Gasteiger charge is 2.20.